The molecule has 0 spiro atoms. The van der Waals surface area contributed by atoms with Crippen LogP contribution in [-0.2, 0) is 7.05 Å². The topological polar surface area (TPSA) is 104 Å². The number of azo groups is 1. The van der Waals surface area contributed by atoms with Crippen LogP contribution in [0.15, 0.2) is 70.0 Å². The van der Waals surface area contributed by atoms with Crippen LogP contribution in [0.2, 0.25) is 0 Å². The number of aliphatic hydroxyl groups excluding tert-OH is 1. The van der Waals surface area contributed by atoms with E-state index in [1.54, 1.807) is 42.5 Å². The average Bonchev–Trinajstić information content (AvgIpc) is 3.36. The van der Waals surface area contributed by atoms with Crippen molar-refractivity contribution in [1.82, 2.24) is 25.2 Å². The number of rotatable bonds is 6. The number of nitrogens with zero attached hydrogens (tertiary/aromatic N) is 7. The minimum absolute atomic E-state index is 0.0661. The molecule has 4 rings (SSSR count). The molecule has 0 radical (unpaired) electrons. The van der Waals surface area contributed by atoms with Gasteiger partial charge in [0.15, 0.2) is 10.8 Å². The molecule has 3 aromatic heterocycles. The molecule has 0 saturated carbocycles. The number of nitrogens with one attached hydrogen (secondary N) is 1. The van der Waals surface area contributed by atoms with Gasteiger partial charge < -0.3 is 5.11 Å². The third-order valence-electron chi connectivity index (χ3n) is 4.38. The number of allylic oxidation sites excluding steroid dienone is 1. The van der Waals surface area contributed by atoms with Gasteiger partial charge in [-0.05, 0) is 18.2 Å². The summed E-state index contributed by atoms with van der Waals surface area (Å²) in [5, 5.41) is 26.1. The number of hydrazine groups is 1. The highest BCUT2D eigenvalue weighted by molar-refractivity contribution is 7.19. The Morgan fingerprint density at radius 1 is 1.33 bits per heavy atom. The van der Waals surface area contributed by atoms with Crippen LogP contribution in [0.25, 0.3) is 11.3 Å². The van der Waals surface area contributed by atoms with Crippen LogP contribution >= 0.6 is 22.9 Å². The van der Waals surface area contributed by atoms with Crippen molar-refractivity contribution in [2.24, 2.45) is 17.3 Å². The fourth-order valence-corrected chi connectivity index (χ4v) is 3.89. The van der Waals surface area contributed by atoms with Crippen molar-refractivity contribution in [2.75, 3.05) is 12.1 Å². The molecule has 154 valence electrons. The lowest BCUT2D eigenvalue weighted by Gasteiger charge is -2.25. The van der Waals surface area contributed by atoms with Gasteiger partial charge >= 0.3 is 0 Å². The number of anilines is 1. The number of hydrogen-bond donors (Lipinski definition) is 2. The minimum atomic E-state index is -0.0661. The second-order valence-electron chi connectivity index (χ2n) is 6.55. The van der Waals surface area contributed by atoms with E-state index < -0.39 is 0 Å². The summed E-state index contributed by atoms with van der Waals surface area (Å²) in [5.74, 6) is 0.741. The van der Waals surface area contributed by atoms with Gasteiger partial charge in [0.1, 0.15) is 11.5 Å². The fraction of sp³-hybridized carbons (Fsp3) is 0.211. The van der Waals surface area contributed by atoms with E-state index in [-0.39, 0.29) is 11.8 Å². The maximum atomic E-state index is 9.64. The van der Waals surface area contributed by atoms with Gasteiger partial charge in [-0.1, -0.05) is 29.0 Å². The van der Waals surface area contributed by atoms with Gasteiger partial charge in [-0.2, -0.15) is 5.10 Å². The van der Waals surface area contributed by atoms with Gasteiger partial charge in [0.2, 0.25) is 5.13 Å². The second-order valence-corrected chi connectivity index (χ2v) is 7.97. The number of aryl methyl sites for hydroxylation is 1. The molecule has 0 aromatic carbocycles. The Morgan fingerprint density at radius 2 is 2.20 bits per heavy atom. The summed E-state index contributed by atoms with van der Waals surface area (Å²) in [6.07, 6.45) is 9.06. The summed E-state index contributed by atoms with van der Waals surface area (Å²) in [6, 6.07) is 5.50. The molecular weight excluding hydrogens is 424 g/mol. The lowest BCUT2D eigenvalue weighted by atomic mass is 10.1. The van der Waals surface area contributed by atoms with E-state index in [1.165, 1.54) is 11.3 Å². The van der Waals surface area contributed by atoms with E-state index >= 15 is 0 Å². The van der Waals surface area contributed by atoms with Crippen LogP contribution in [0.3, 0.4) is 0 Å². The highest BCUT2D eigenvalue weighted by Crippen LogP contribution is 2.39. The fourth-order valence-electron chi connectivity index (χ4n) is 2.82. The molecule has 3 heterocycles. The van der Waals surface area contributed by atoms with E-state index in [2.05, 4.69) is 25.7 Å². The molecule has 1 aliphatic carbocycles. The number of aromatic nitrogens is 4. The number of hydrogen-bond acceptors (Lipinski definition) is 9. The van der Waals surface area contributed by atoms with Crippen LogP contribution in [0.4, 0.5) is 16.0 Å². The first-order chi connectivity index (χ1) is 14.5. The van der Waals surface area contributed by atoms with E-state index in [0.717, 1.165) is 5.56 Å². The van der Waals surface area contributed by atoms with Gasteiger partial charge in [-0.15, -0.1) is 10.2 Å². The third-order valence-corrected chi connectivity index (χ3v) is 5.75. The first-order valence-electron chi connectivity index (χ1n) is 9.08. The highest BCUT2D eigenvalue weighted by atomic mass is 35.5. The lowest BCUT2D eigenvalue weighted by molar-refractivity contribution is 0.418. The normalized spacial score (nSPS) is 16.6. The SMILES string of the molecule is CN(NC1C=CC(O)=C(Cl)C1)c1nc(-c2cccnc2)c(/N=N/c2ccnn2C)s1. The van der Waals surface area contributed by atoms with Gasteiger partial charge in [-0.3, -0.25) is 9.99 Å². The van der Waals surface area contributed by atoms with Crippen LogP contribution in [0.5, 0.6) is 0 Å². The molecule has 0 bridgehead atoms. The number of pyridine rings is 1. The van der Waals surface area contributed by atoms with Gasteiger partial charge in [0.25, 0.3) is 0 Å². The molecule has 0 fully saturated rings. The first-order valence-corrected chi connectivity index (χ1v) is 10.3. The predicted molar refractivity (Wildman–Crippen MR) is 117 cm³/mol. The summed E-state index contributed by atoms with van der Waals surface area (Å²) in [4.78, 5) is 8.94. The van der Waals surface area contributed by atoms with Crippen molar-refractivity contribution in [2.45, 2.75) is 12.5 Å². The highest BCUT2D eigenvalue weighted by Gasteiger charge is 2.20. The Labute approximate surface area is 182 Å². The van der Waals surface area contributed by atoms with Crippen LogP contribution < -0.4 is 10.4 Å². The van der Waals surface area contributed by atoms with E-state index in [1.807, 2.05) is 30.3 Å². The molecule has 9 nitrogen and oxygen atoms in total. The lowest BCUT2D eigenvalue weighted by Crippen LogP contribution is -2.42. The van der Waals surface area contributed by atoms with Gasteiger partial charge in [0.05, 0.1) is 11.2 Å². The number of thiazole rings is 1. The first kappa shape index (κ1) is 20.2. The Bertz CT molecular complexity index is 1120. The summed E-state index contributed by atoms with van der Waals surface area (Å²) < 4.78 is 1.64. The maximum Gasteiger partial charge on any atom is 0.202 e. The Morgan fingerprint density at radius 3 is 2.90 bits per heavy atom. The monoisotopic (exact) mass is 442 g/mol. The summed E-state index contributed by atoms with van der Waals surface area (Å²) in [5.41, 5.74) is 4.86. The van der Waals surface area contributed by atoms with Crippen LogP contribution in [0.1, 0.15) is 6.42 Å². The zero-order valence-electron chi connectivity index (χ0n) is 16.3. The van der Waals surface area contributed by atoms with Crippen molar-refractivity contribution in [1.29, 1.82) is 0 Å². The molecule has 0 saturated heterocycles. The largest absolute Gasteiger partial charge is 0.507 e. The minimum Gasteiger partial charge on any atom is -0.507 e. The molecule has 11 heteroatoms. The molecule has 1 aliphatic rings. The number of halogens is 1. The quantitative estimate of drug-likeness (QED) is 0.426. The van der Waals surface area contributed by atoms with E-state index in [0.29, 0.717) is 33.1 Å². The molecular formula is C19H19ClN8OS. The van der Waals surface area contributed by atoms with Crippen molar-refractivity contribution in [3.63, 3.8) is 0 Å². The van der Waals surface area contributed by atoms with Crippen LogP contribution in [0, 0.1) is 0 Å². The predicted octanol–water partition coefficient (Wildman–Crippen LogP) is 4.63. The second kappa shape index (κ2) is 8.74. The number of aliphatic hydroxyl groups is 1. The van der Waals surface area contributed by atoms with Crippen molar-refractivity contribution < 1.29 is 5.11 Å². The van der Waals surface area contributed by atoms with E-state index in [4.69, 9.17) is 16.6 Å². The molecule has 3 aromatic rings. The maximum absolute atomic E-state index is 9.64. The molecule has 0 aliphatic heterocycles. The van der Waals surface area contributed by atoms with Crippen LogP contribution in [-0.4, -0.2) is 37.9 Å². The molecule has 0 amide bonds. The average molecular weight is 443 g/mol. The van der Waals surface area contributed by atoms with Crippen molar-refractivity contribution in [3.8, 4) is 11.3 Å². The van der Waals surface area contributed by atoms with Crippen molar-refractivity contribution >= 4 is 38.9 Å². The summed E-state index contributed by atoms with van der Waals surface area (Å²) in [7, 11) is 3.68. The zero-order valence-corrected chi connectivity index (χ0v) is 17.8. The van der Waals surface area contributed by atoms with E-state index in [9.17, 15) is 5.11 Å². The standard InChI is InChI=1S/C19H19ClN8OS/c1-27-16(7-9-22-27)24-25-18-17(12-4-3-8-21-11-12)23-19(30-18)28(2)26-13-5-6-15(29)14(20)10-13/h3-9,11,13,26,29H,10H2,1-2H3/b25-24+. The smallest absolute Gasteiger partial charge is 0.202 e. The van der Waals surface area contributed by atoms with Crippen molar-refractivity contribution in [3.05, 3.63) is 59.7 Å². The van der Waals surface area contributed by atoms with Gasteiger partial charge in [-0.25, -0.2) is 15.1 Å². The third kappa shape index (κ3) is 4.40. The molecule has 1 atom stereocenters. The molecule has 1 unspecified atom stereocenters. The Hall–Kier alpha value is -3.08. The molecule has 2 N–H and O–H groups in total. The zero-order chi connectivity index (χ0) is 21.1. The summed E-state index contributed by atoms with van der Waals surface area (Å²) in [6.45, 7) is 0. The van der Waals surface area contributed by atoms with Gasteiger partial charge in [0, 0.05) is 50.6 Å². The Balaban J connectivity index is 1.61. The Kier molecular flexibility index (Phi) is 5.88. The summed E-state index contributed by atoms with van der Waals surface area (Å²) >= 11 is 7.46. The molecule has 30 heavy (non-hydrogen) atoms.